The van der Waals surface area contributed by atoms with Crippen LogP contribution in [-0.4, -0.2) is 23.6 Å². The van der Waals surface area contributed by atoms with Gasteiger partial charge in [0.25, 0.3) is 0 Å². The highest BCUT2D eigenvalue weighted by Crippen LogP contribution is 2.30. The van der Waals surface area contributed by atoms with Crippen molar-refractivity contribution in [2.45, 2.75) is 63.7 Å². The molecule has 1 nitrogen and oxygen atoms in total. The van der Waals surface area contributed by atoms with Gasteiger partial charge in [-0.05, 0) is 56.1 Å². The number of rotatable bonds is 4. The largest absolute Gasteiger partial charge is 0.313 e. The van der Waals surface area contributed by atoms with Crippen LogP contribution in [0.3, 0.4) is 0 Å². The molecule has 0 radical (unpaired) electrons. The van der Waals surface area contributed by atoms with Crippen LogP contribution in [-0.2, 0) is 0 Å². The van der Waals surface area contributed by atoms with Crippen LogP contribution < -0.4 is 5.32 Å². The Labute approximate surface area is 105 Å². The van der Waals surface area contributed by atoms with Crippen molar-refractivity contribution in [3.05, 3.63) is 0 Å². The average Bonchev–Trinajstić information content (AvgIpc) is 2.80. The van der Waals surface area contributed by atoms with Crippen LogP contribution in [0.15, 0.2) is 0 Å². The molecule has 2 rings (SSSR count). The van der Waals surface area contributed by atoms with Crippen LogP contribution in [0.4, 0.5) is 0 Å². The molecule has 0 amide bonds. The number of hydrogen-bond donors (Lipinski definition) is 1. The first-order chi connectivity index (χ1) is 7.75. The van der Waals surface area contributed by atoms with Gasteiger partial charge in [0.2, 0.25) is 0 Å². The van der Waals surface area contributed by atoms with Gasteiger partial charge >= 0.3 is 0 Å². The van der Waals surface area contributed by atoms with Crippen molar-refractivity contribution < 1.29 is 0 Å². The van der Waals surface area contributed by atoms with E-state index in [2.05, 4.69) is 30.9 Å². The van der Waals surface area contributed by atoms with E-state index in [-0.39, 0.29) is 0 Å². The van der Waals surface area contributed by atoms with E-state index >= 15 is 0 Å². The number of hydrogen-bond acceptors (Lipinski definition) is 2. The predicted molar refractivity (Wildman–Crippen MR) is 74.1 cm³/mol. The molecule has 94 valence electrons. The van der Waals surface area contributed by atoms with E-state index in [1.54, 1.807) is 0 Å². The molecule has 1 aliphatic carbocycles. The zero-order valence-corrected chi connectivity index (χ0v) is 11.7. The lowest BCUT2D eigenvalue weighted by Gasteiger charge is -2.32. The zero-order chi connectivity index (χ0) is 11.4. The van der Waals surface area contributed by atoms with E-state index in [9.17, 15) is 0 Å². The molecule has 0 spiro atoms. The fourth-order valence-corrected chi connectivity index (χ4v) is 4.31. The molecule has 2 heteroatoms. The van der Waals surface area contributed by atoms with Gasteiger partial charge in [-0.15, -0.1) is 0 Å². The normalized spacial score (nSPS) is 35.8. The highest BCUT2D eigenvalue weighted by atomic mass is 32.2. The summed E-state index contributed by atoms with van der Waals surface area (Å²) in [6.07, 6.45) is 8.62. The Hall–Kier alpha value is 0.310. The van der Waals surface area contributed by atoms with E-state index < -0.39 is 0 Å². The lowest BCUT2D eigenvalue weighted by Crippen LogP contribution is -2.37. The maximum atomic E-state index is 3.80. The third-order valence-corrected chi connectivity index (χ3v) is 5.77. The topological polar surface area (TPSA) is 12.0 Å². The first-order valence-electron chi connectivity index (χ1n) is 7.10. The Kier molecular flexibility index (Phi) is 5.02. The third-order valence-electron chi connectivity index (χ3n) is 4.37. The molecule has 0 bridgehead atoms. The summed E-state index contributed by atoms with van der Waals surface area (Å²) in [6, 6.07) is 0.830. The number of thioether (sulfide) groups is 1. The second-order valence-electron chi connectivity index (χ2n) is 5.90. The highest BCUT2D eigenvalue weighted by Gasteiger charge is 2.24. The summed E-state index contributed by atoms with van der Waals surface area (Å²) in [4.78, 5) is 0. The van der Waals surface area contributed by atoms with E-state index in [4.69, 9.17) is 0 Å². The summed E-state index contributed by atoms with van der Waals surface area (Å²) in [7, 11) is 0. The molecule has 1 saturated heterocycles. The van der Waals surface area contributed by atoms with Crippen LogP contribution in [0, 0.1) is 11.8 Å². The molecular weight excluding hydrogens is 214 g/mol. The third kappa shape index (κ3) is 3.66. The lowest BCUT2D eigenvalue weighted by atomic mass is 9.80. The Balaban J connectivity index is 1.61. The SMILES string of the molecule is CC(C)C1CCC(NCC2CCCS2)CC1. The van der Waals surface area contributed by atoms with Crippen LogP contribution in [0.2, 0.25) is 0 Å². The Morgan fingerprint density at radius 1 is 1.12 bits per heavy atom. The average molecular weight is 241 g/mol. The van der Waals surface area contributed by atoms with Gasteiger partial charge in [-0.25, -0.2) is 0 Å². The van der Waals surface area contributed by atoms with Gasteiger partial charge in [-0.2, -0.15) is 11.8 Å². The summed E-state index contributed by atoms with van der Waals surface area (Å²) in [5.74, 6) is 3.29. The molecule has 0 aromatic heterocycles. The van der Waals surface area contributed by atoms with E-state index in [0.29, 0.717) is 0 Å². The zero-order valence-electron chi connectivity index (χ0n) is 10.9. The molecule has 1 aliphatic heterocycles. The van der Waals surface area contributed by atoms with Crippen molar-refractivity contribution in [2.24, 2.45) is 11.8 Å². The molecule has 1 saturated carbocycles. The van der Waals surface area contributed by atoms with Crippen molar-refractivity contribution in [1.29, 1.82) is 0 Å². The number of nitrogens with one attached hydrogen (secondary N) is 1. The standard InChI is InChI=1S/C14H27NS/c1-11(2)12-5-7-13(8-6-12)15-10-14-4-3-9-16-14/h11-15H,3-10H2,1-2H3. The fourth-order valence-electron chi connectivity index (χ4n) is 3.09. The molecule has 2 fully saturated rings. The molecule has 1 atom stereocenters. The van der Waals surface area contributed by atoms with Gasteiger partial charge in [-0.1, -0.05) is 13.8 Å². The first kappa shape index (κ1) is 12.8. The van der Waals surface area contributed by atoms with Crippen molar-refractivity contribution >= 4 is 11.8 Å². The summed E-state index contributed by atoms with van der Waals surface area (Å²) >= 11 is 2.17. The fraction of sp³-hybridized carbons (Fsp3) is 1.00. The Morgan fingerprint density at radius 2 is 1.88 bits per heavy atom. The minimum atomic E-state index is 0.830. The van der Waals surface area contributed by atoms with Gasteiger partial charge < -0.3 is 5.32 Å². The molecule has 0 aromatic carbocycles. The van der Waals surface area contributed by atoms with E-state index in [1.165, 1.54) is 50.8 Å². The maximum absolute atomic E-state index is 3.80. The molecule has 1 heterocycles. The second kappa shape index (κ2) is 6.30. The molecule has 0 aromatic rings. The monoisotopic (exact) mass is 241 g/mol. The van der Waals surface area contributed by atoms with Crippen LogP contribution in [0.5, 0.6) is 0 Å². The van der Waals surface area contributed by atoms with E-state index in [1.807, 2.05) is 0 Å². The Morgan fingerprint density at radius 3 is 2.44 bits per heavy atom. The van der Waals surface area contributed by atoms with Crippen molar-refractivity contribution in [3.8, 4) is 0 Å². The van der Waals surface area contributed by atoms with Crippen LogP contribution >= 0.6 is 11.8 Å². The lowest BCUT2D eigenvalue weighted by molar-refractivity contribution is 0.239. The summed E-state index contributed by atoms with van der Waals surface area (Å²) in [5, 5.41) is 4.72. The minimum Gasteiger partial charge on any atom is -0.313 e. The maximum Gasteiger partial charge on any atom is 0.0172 e. The molecule has 1 unspecified atom stereocenters. The minimum absolute atomic E-state index is 0.830. The van der Waals surface area contributed by atoms with Gasteiger partial charge in [0.05, 0.1) is 0 Å². The molecule has 16 heavy (non-hydrogen) atoms. The van der Waals surface area contributed by atoms with Crippen molar-refractivity contribution in [3.63, 3.8) is 0 Å². The summed E-state index contributed by atoms with van der Waals surface area (Å²) < 4.78 is 0. The van der Waals surface area contributed by atoms with Crippen molar-refractivity contribution in [2.75, 3.05) is 12.3 Å². The van der Waals surface area contributed by atoms with E-state index in [0.717, 1.165) is 23.1 Å². The highest BCUT2D eigenvalue weighted by molar-refractivity contribution is 8.00. The summed E-state index contributed by atoms with van der Waals surface area (Å²) in [5.41, 5.74) is 0. The van der Waals surface area contributed by atoms with Gasteiger partial charge in [-0.3, -0.25) is 0 Å². The van der Waals surface area contributed by atoms with Gasteiger partial charge in [0, 0.05) is 17.8 Å². The first-order valence-corrected chi connectivity index (χ1v) is 8.15. The van der Waals surface area contributed by atoms with Crippen LogP contribution in [0.25, 0.3) is 0 Å². The Bertz CT molecular complexity index is 191. The predicted octanol–water partition coefficient (Wildman–Crippen LogP) is 3.69. The second-order valence-corrected chi connectivity index (χ2v) is 7.31. The van der Waals surface area contributed by atoms with Gasteiger partial charge in [0.1, 0.15) is 0 Å². The quantitative estimate of drug-likeness (QED) is 0.805. The molecular formula is C14H27NS. The van der Waals surface area contributed by atoms with Crippen LogP contribution in [0.1, 0.15) is 52.4 Å². The summed E-state index contributed by atoms with van der Waals surface area (Å²) in [6.45, 7) is 6.03. The molecule has 2 aliphatic rings. The van der Waals surface area contributed by atoms with Gasteiger partial charge in [0.15, 0.2) is 0 Å². The molecule has 1 N–H and O–H groups in total. The van der Waals surface area contributed by atoms with Crippen molar-refractivity contribution in [1.82, 2.24) is 5.32 Å². The smallest absolute Gasteiger partial charge is 0.0172 e.